The van der Waals surface area contributed by atoms with Crippen LogP contribution >= 0.6 is 0 Å². The van der Waals surface area contributed by atoms with Gasteiger partial charge in [-0.15, -0.1) is 0 Å². The SMILES string of the molecule is C[C@H]1CN2CCNC[C@H]2CN1C(=O)OC(C)(C)C. The Balaban J connectivity index is 1.98. The fraction of sp³-hybridized carbons (Fsp3) is 0.923. The normalized spacial score (nSPS) is 29.9. The molecule has 0 aromatic rings. The number of rotatable bonds is 0. The second-order valence-corrected chi connectivity index (χ2v) is 6.33. The summed E-state index contributed by atoms with van der Waals surface area (Å²) in [6.07, 6.45) is -0.180. The van der Waals surface area contributed by atoms with Crippen molar-refractivity contribution in [2.24, 2.45) is 0 Å². The van der Waals surface area contributed by atoms with Gasteiger partial charge in [0.15, 0.2) is 0 Å². The van der Waals surface area contributed by atoms with E-state index in [0.29, 0.717) is 6.04 Å². The molecule has 2 aliphatic heterocycles. The summed E-state index contributed by atoms with van der Waals surface area (Å²) in [5, 5.41) is 3.39. The van der Waals surface area contributed by atoms with Crippen LogP contribution in [0.4, 0.5) is 4.79 Å². The second kappa shape index (κ2) is 5.05. The first-order chi connectivity index (χ1) is 8.37. The maximum absolute atomic E-state index is 12.2. The maximum Gasteiger partial charge on any atom is 0.410 e. The molecule has 2 fully saturated rings. The predicted octanol–water partition coefficient (Wildman–Crippen LogP) is 0.899. The van der Waals surface area contributed by atoms with Crippen molar-refractivity contribution in [2.75, 3.05) is 32.7 Å². The molecule has 2 heterocycles. The van der Waals surface area contributed by atoms with Crippen molar-refractivity contribution < 1.29 is 9.53 Å². The molecule has 18 heavy (non-hydrogen) atoms. The second-order valence-electron chi connectivity index (χ2n) is 6.33. The molecule has 1 amide bonds. The van der Waals surface area contributed by atoms with Gasteiger partial charge < -0.3 is 15.0 Å². The number of hydrogen-bond acceptors (Lipinski definition) is 4. The lowest BCUT2D eigenvalue weighted by atomic mass is 10.1. The van der Waals surface area contributed by atoms with Crippen LogP contribution in [0.5, 0.6) is 0 Å². The van der Waals surface area contributed by atoms with Gasteiger partial charge in [-0.05, 0) is 27.7 Å². The smallest absolute Gasteiger partial charge is 0.410 e. The van der Waals surface area contributed by atoms with Crippen molar-refractivity contribution in [1.29, 1.82) is 0 Å². The number of carbonyl (C=O) groups is 1. The molecule has 1 N–H and O–H groups in total. The zero-order chi connectivity index (χ0) is 13.3. The minimum atomic E-state index is -0.418. The van der Waals surface area contributed by atoms with E-state index in [1.54, 1.807) is 0 Å². The molecule has 2 rings (SSSR count). The molecule has 5 nitrogen and oxygen atoms in total. The third-order valence-corrected chi connectivity index (χ3v) is 3.54. The van der Waals surface area contributed by atoms with E-state index in [0.717, 1.165) is 32.7 Å². The number of nitrogens with zero attached hydrogens (tertiary/aromatic N) is 2. The van der Waals surface area contributed by atoms with Crippen LogP contribution in [0.15, 0.2) is 0 Å². The quantitative estimate of drug-likeness (QED) is 0.698. The highest BCUT2D eigenvalue weighted by atomic mass is 16.6. The Hall–Kier alpha value is -0.810. The molecule has 2 aliphatic rings. The van der Waals surface area contributed by atoms with Crippen LogP contribution < -0.4 is 5.32 Å². The summed E-state index contributed by atoms with van der Waals surface area (Å²) in [6.45, 7) is 12.6. The zero-order valence-corrected chi connectivity index (χ0v) is 11.9. The van der Waals surface area contributed by atoms with Gasteiger partial charge in [0, 0.05) is 44.8 Å². The summed E-state index contributed by atoms with van der Waals surface area (Å²) in [5.74, 6) is 0. The van der Waals surface area contributed by atoms with Crippen LogP contribution in [0.25, 0.3) is 0 Å². The highest BCUT2D eigenvalue weighted by molar-refractivity contribution is 5.68. The van der Waals surface area contributed by atoms with Gasteiger partial charge in [-0.2, -0.15) is 0 Å². The molecular formula is C13H25N3O2. The van der Waals surface area contributed by atoms with E-state index in [1.807, 2.05) is 25.7 Å². The van der Waals surface area contributed by atoms with Crippen molar-refractivity contribution in [1.82, 2.24) is 15.1 Å². The van der Waals surface area contributed by atoms with E-state index < -0.39 is 5.60 Å². The number of piperazine rings is 2. The maximum atomic E-state index is 12.2. The van der Waals surface area contributed by atoms with Gasteiger partial charge in [-0.3, -0.25) is 4.90 Å². The molecular weight excluding hydrogens is 230 g/mol. The number of amides is 1. The van der Waals surface area contributed by atoms with Crippen molar-refractivity contribution in [3.05, 3.63) is 0 Å². The molecule has 0 spiro atoms. The number of fused-ring (bicyclic) bond motifs is 1. The van der Waals surface area contributed by atoms with Gasteiger partial charge in [0.1, 0.15) is 5.60 Å². The molecule has 0 aromatic heterocycles. The van der Waals surface area contributed by atoms with E-state index in [1.165, 1.54) is 0 Å². The van der Waals surface area contributed by atoms with Crippen LogP contribution in [-0.4, -0.2) is 66.3 Å². The molecule has 0 aromatic carbocycles. The first kappa shape index (κ1) is 13.6. The molecule has 104 valence electrons. The van der Waals surface area contributed by atoms with Gasteiger partial charge in [0.05, 0.1) is 0 Å². The van der Waals surface area contributed by atoms with Crippen LogP contribution in [0.2, 0.25) is 0 Å². The largest absolute Gasteiger partial charge is 0.444 e. The van der Waals surface area contributed by atoms with E-state index >= 15 is 0 Å². The predicted molar refractivity (Wildman–Crippen MR) is 70.6 cm³/mol. The summed E-state index contributed by atoms with van der Waals surface area (Å²) in [6, 6.07) is 0.664. The van der Waals surface area contributed by atoms with Gasteiger partial charge in [-0.25, -0.2) is 4.79 Å². The minimum Gasteiger partial charge on any atom is -0.444 e. The minimum absolute atomic E-state index is 0.180. The molecule has 2 atom stereocenters. The average molecular weight is 255 g/mol. The molecule has 0 unspecified atom stereocenters. The third-order valence-electron chi connectivity index (χ3n) is 3.54. The fourth-order valence-electron chi connectivity index (χ4n) is 2.64. The number of carbonyl (C=O) groups excluding carboxylic acids is 1. The van der Waals surface area contributed by atoms with E-state index in [4.69, 9.17) is 4.74 Å². The third kappa shape index (κ3) is 3.14. The van der Waals surface area contributed by atoms with Crippen LogP contribution in [-0.2, 0) is 4.74 Å². The fourth-order valence-corrected chi connectivity index (χ4v) is 2.64. The number of nitrogens with one attached hydrogen (secondary N) is 1. The van der Waals surface area contributed by atoms with Gasteiger partial charge in [-0.1, -0.05) is 0 Å². The van der Waals surface area contributed by atoms with E-state index in [-0.39, 0.29) is 12.1 Å². The van der Waals surface area contributed by atoms with Gasteiger partial charge in [0.2, 0.25) is 0 Å². The zero-order valence-electron chi connectivity index (χ0n) is 11.9. The number of ether oxygens (including phenoxy) is 1. The topological polar surface area (TPSA) is 44.8 Å². The van der Waals surface area contributed by atoms with Crippen LogP contribution in [0.3, 0.4) is 0 Å². The highest BCUT2D eigenvalue weighted by Crippen LogP contribution is 2.19. The molecule has 0 radical (unpaired) electrons. The summed E-state index contributed by atoms with van der Waals surface area (Å²) in [7, 11) is 0. The Morgan fingerprint density at radius 2 is 2.06 bits per heavy atom. The van der Waals surface area contributed by atoms with E-state index in [9.17, 15) is 4.79 Å². The molecule has 2 saturated heterocycles. The summed E-state index contributed by atoms with van der Waals surface area (Å²) < 4.78 is 5.48. The Bertz CT molecular complexity index is 314. The van der Waals surface area contributed by atoms with Crippen molar-refractivity contribution in [3.8, 4) is 0 Å². The average Bonchev–Trinajstić information content (AvgIpc) is 2.25. The van der Waals surface area contributed by atoms with Gasteiger partial charge >= 0.3 is 6.09 Å². The van der Waals surface area contributed by atoms with Crippen molar-refractivity contribution >= 4 is 6.09 Å². The first-order valence-electron chi connectivity index (χ1n) is 6.81. The number of hydrogen-bond donors (Lipinski definition) is 1. The molecule has 0 bridgehead atoms. The molecule has 5 heteroatoms. The lowest BCUT2D eigenvalue weighted by Crippen LogP contribution is -2.65. The molecule has 0 aliphatic carbocycles. The summed E-state index contributed by atoms with van der Waals surface area (Å²) >= 11 is 0. The van der Waals surface area contributed by atoms with E-state index in [2.05, 4.69) is 17.1 Å². The van der Waals surface area contributed by atoms with Gasteiger partial charge in [0.25, 0.3) is 0 Å². The van der Waals surface area contributed by atoms with Crippen LogP contribution in [0, 0.1) is 0 Å². The first-order valence-corrected chi connectivity index (χ1v) is 6.81. The molecule has 0 saturated carbocycles. The Morgan fingerprint density at radius 1 is 1.33 bits per heavy atom. The van der Waals surface area contributed by atoms with Crippen LogP contribution in [0.1, 0.15) is 27.7 Å². The summed E-state index contributed by atoms with van der Waals surface area (Å²) in [5.41, 5.74) is -0.418. The Morgan fingerprint density at radius 3 is 2.72 bits per heavy atom. The standard InChI is InChI=1S/C13H25N3O2/c1-10-8-15-6-5-14-7-11(15)9-16(10)12(17)18-13(2,3)4/h10-11,14H,5-9H2,1-4H3/t10-,11-/m0/s1. The Labute approximate surface area is 109 Å². The highest BCUT2D eigenvalue weighted by Gasteiger charge is 2.36. The monoisotopic (exact) mass is 255 g/mol. The Kier molecular flexibility index (Phi) is 3.82. The summed E-state index contributed by atoms with van der Waals surface area (Å²) in [4.78, 5) is 16.5. The van der Waals surface area contributed by atoms with Crippen molar-refractivity contribution in [3.63, 3.8) is 0 Å². The van der Waals surface area contributed by atoms with Crippen molar-refractivity contribution in [2.45, 2.75) is 45.4 Å². The lowest BCUT2D eigenvalue weighted by Gasteiger charge is -2.47. The lowest BCUT2D eigenvalue weighted by molar-refractivity contribution is -0.0168.